The highest BCUT2D eigenvalue weighted by Gasteiger charge is 2.39. The van der Waals surface area contributed by atoms with Crippen LogP contribution in [0.5, 0.6) is 0 Å². The number of nitrogens with one attached hydrogen (secondary N) is 2. The van der Waals surface area contributed by atoms with Gasteiger partial charge in [0.1, 0.15) is 4.34 Å². The maximum Gasteiger partial charge on any atom is 0.336 e. The van der Waals surface area contributed by atoms with Crippen LogP contribution in [0.3, 0.4) is 0 Å². The van der Waals surface area contributed by atoms with Crippen LogP contribution in [-0.2, 0) is 19.1 Å². The molecule has 0 fully saturated rings. The van der Waals surface area contributed by atoms with E-state index in [0.717, 1.165) is 0 Å². The molecule has 7 nitrogen and oxygen atoms in total. The molecule has 148 valence electrons. The van der Waals surface area contributed by atoms with Crippen LogP contribution in [-0.4, -0.2) is 36.4 Å². The van der Waals surface area contributed by atoms with Gasteiger partial charge in [0.25, 0.3) is 0 Å². The fourth-order valence-corrected chi connectivity index (χ4v) is 4.78. The summed E-state index contributed by atoms with van der Waals surface area (Å²) in [6.07, 6.45) is 1.56. The second kappa shape index (κ2) is 7.98. The van der Waals surface area contributed by atoms with Crippen molar-refractivity contribution in [2.45, 2.75) is 19.8 Å². The van der Waals surface area contributed by atoms with Crippen molar-refractivity contribution in [3.05, 3.63) is 49.0 Å². The molecule has 10 heteroatoms. The summed E-state index contributed by atoms with van der Waals surface area (Å²) < 4.78 is 10.9. The molecule has 0 amide bonds. The molecule has 0 saturated carbocycles. The van der Waals surface area contributed by atoms with Gasteiger partial charge < -0.3 is 14.8 Å². The molecular formula is C18H17Cl2N3O4S. The second-order valence-electron chi connectivity index (χ2n) is 6.06. The van der Waals surface area contributed by atoms with Crippen molar-refractivity contribution in [1.29, 1.82) is 0 Å². The van der Waals surface area contributed by atoms with Crippen LogP contribution in [0.1, 0.15) is 25.3 Å². The number of H-pyrrole nitrogens is 1. The van der Waals surface area contributed by atoms with Crippen molar-refractivity contribution in [2.24, 2.45) is 0 Å². The maximum absolute atomic E-state index is 12.6. The molecule has 2 aromatic rings. The lowest BCUT2D eigenvalue weighted by Gasteiger charge is -2.29. The molecule has 0 saturated heterocycles. The van der Waals surface area contributed by atoms with E-state index in [9.17, 15) is 9.59 Å². The molecule has 0 atom stereocenters. The Morgan fingerprint density at radius 3 is 2.14 bits per heavy atom. The Bertz CT molecular complexity index is 984. The average Bonchev–Trinajstić information content (AvgIpc) is 3.25. The molecule has 28 heavy (non-hydrogen) atoms. The third-order valence-corrected chi connectivity index (χ3v) is 5.96. The van der Waals surface area contributed by atoms with Gasteiger partial charge in [-0.1, -0.05) is 23.2 Å². The molecule has 0 bridgehead atoms. The summed E-state index contributed by atoms with van der Waals surface area (Å²) >= 11 is 13.6. The Hall–Kier alpha value is -2.29. The molecule has 0 aromatic carbocycles. The van der Waals surface area contributed by atoms with Crippen LogP contribution >= 0.6 is 34.5 Å². The molecule has 2 aromatic heterocycles. The van der Waals surface area contributed by atoms with Gasteiger partial charge in [-0.05, 0) is 19.9 Å². The van der Waals surface area contributed by atoms with E-state index in [-0.39, 0.29) is 11.1 Å². The molecule has 0 aliphatic carbocycles. The van der Waals surface area contributed by atoms with Gasteiger partial charge in [0.05, 0.1) is 47.5 Å². The van der Waals surface area contributed by atoms with Crippen LogP contribution in [0.2, 0.25) is 8.67 Å². The lowest BCUT2D eigenvalue weighted by atomic mass is 9.80. The number of nitrogens with zero attached hydrogens (tertiary/aromatic N) is 1. The Morgan fingerprint density at radius 1 is 1.11 bits per heavy atom. The van der Waals surface area contributed by atoms with E-state index in [4.69, 9.17) is 32.7 Å². The van der Waals surface area contributed by atoms with E-state index in [0.29, 0.717) is 36.9 Å². The number of methoxy groups -OCH3 is 2. The van der Waals surface area contributed by atoms with Gasteiger partial charge in [-0.3, -0.25) is 5.10 Å². The van der Waals surface area contributed by atoms with Crippen LogP contribution < -0.4 is 5.32 Å². The number of dihydropyridines is 1. The van der Waals surface area contributed by atoms with E-state index in [1.54, 1.807) is 26.1 Å². The number of halogens is 2. The number of hydrogen-bond acceptors (Lipinski definition) is 7. The van der Waals surface area contributed by atoms with Gasteiger partial charge in [0.15, 0.2) is 0 Å². The van der Waals surface area contributed by atoms with Crippen molar-refractivity contribution < 1.29 is 19.1 Å². The fraction of sp³-hybridized carbons (Fsp3) is 0.278. The summed E-state index contributed by atoms with van der Waals surface area (Å²) in [5, 5.41) is 10.1. The van der Waals surface area contributed by atoms with Crippen molar-refractivity contribution >= 4 is 46.5 Å². The number of hydrogen-bond donors (Lipinski definition) is 2. The molecule has 3 heterocycles. The largest absolute Gasteiger partial charge is 0.466 e. The Balaban J connectivity index is 2.27. The van der Waals surface area contributed by atoms with E-state index in [1.807, 2.05) is 0 Å². The predicted octanol–water partition coefficient (Wildman–Crippen LogP) is 4.03. The number of carbonyl (C=O) groups is 2. The van der Waals surface area contributed by atoms with Gasteiger partial charge in [0, 0.05) is 22.5 Å². The van der Waals surface area contributed by atoms with Crippen LogP contribution in [0.25, 0.3) is 11.3 Å². The standard InChI is InChI=1S/C18H17Cl2N3O4S/c1-7-12(17(24)26-3)14(13(8(2)22-7)18(25)27-4)10-6-21-23-15(10)9-5-11(19)28-16(9)20/h5-6,14,22H,1-4H3,(H,21,23). The highest BCUT2D eigenvalue weighted by molar-refractivity contribution is 7.20. The molecule has 1 aliphatic rings. The Labute approximate surface area is 175 Å². The number of rotatable bonds is 4. The van der Waals surface area contributed by atoms with E-state index in [1.165, 1.54) is 25.6 Å². The van der Waals surface area contributed by atoms with Crippen molar-refractivity contribution in [1.82, 2.24) is 15.5 Å². The lowest BCUT2D eigenvalue weighted by Crippen LogP contribution is -2.32. The third kappa shape index (κ3) is 3.43. The zero-order chi connectivity index (χ0) is 20.6. The summed E-state index contributed by atoms with van der Waals surface area (Å²) in [5.41, 5.74) is 3.49. The van der Waals surface area contributed by atoms with Crippen LogP contribution in [0, 0.1) is 0 Å². The zero-order valence-corrected chi connectivity index (χ0v) is 17.8. The third-order valence-electron chi connectivity index (χ3n) is 4.48. The number of ether oxygens (including phenoxy) is 2. The quantitative estimate of drug-likeness (QED) is 0.695. The number of esters is 2. The average molecular weight is 442 g/mol. The SMILES string of the molecule is COC(=O)C1=C(C)NC(C)=C(C(=O)OC)C1c1cn[nH]c1-c1cc(Cl)sc1Cl. The smallest absolute Gasteiger partial charge is 0.336 e. The number of allylic oxidation sites excluding steroid dienone is 2. The molecule has 0 spiro atoms. The van der Waals surface area contributed by atoms with Gasteiger partial charge in [-0.25, -0.2) is 9.59 Å². The molecular weight excluding hydrogens is 425 g/mol. The highest BCUT2D eigenvalue weighted by atomic mass is 35.5. The summed E-state index contributed by atoms with van der Waals surface area (Å²) in [5.74, 6) is -1.89. The maximum atomic E-state index is 12.6. The molecule has 0 radical (unpaired) electrons. The number of aromatic amines is 1. The highest BCUT2D eigenvalue weighted by Crippen LogP contribution is 2.45. The topological polar surface area (TPSA) is 93.3 Å². The van der Waals surface area contributed by atoms with Crippen molar-refractivity contribution in [3.63, 3.8) is 0 Å². The summed E-state index contributed by atoms with van der Waals surface area (Å²) in [6.45, 7) is 3.48. The van der Waals surface area contributed by atoms with Gasteiger partial charge >= 0.3 is 11.9 Å². The summed E-state index contributed by atoms with van der Waals surface area (Å²) in [4.78, 5) is 25.2. The van der Waals surface area contributed by atoms with E-state index >= 15 is 0 Å². The first-order valence-corrected chi connectivity index (χ1v) is 9.71. The first-order valence-electron chi connectivity index (χ1n) is 8.13. The monoisotopic (exact) mass is 441 g/mol. The Morgan fingerprint density at radius 2 is 1.68 bits per heavy atom. The first-order chi connectivity index (χ1) is 13.3. The van der Waals surface area contributed by atoms with Crippen molar-refractivity contribution in [2.75, 3.05) is 14.2 Å². The number of aromatic nitrogens is 2. The van der Waals surface area contributed by atoms with Gasteiger partial charge in [-0.2, -0.15) is 5.10 Å². The molecule has 0 unspecified atom stereocenters. The van der Waals surface area contributed by atoms with Crippen LogP contribution in [0.15, 0.2) is 34.8 Å². The van der Waals surface area contributed by atoms with Crippen LogP contribution in [0.4, 0.5) is 0 Å². The first kappa shape index (κ1) is 20.4. The molecule has 3 rings (SSSR count). The van der Waals surface area contributed by atoms with Gasteiger partial charge in [-0.15, -0.1) is 11.3 Å². The minimum atomic E-state index is -0.760. The van der Waals surface area contributed by atoms with E-state index < -0.39 is 17.9 Å². The Kier molecular flexibility index (Phi) is 5.83. The second-order valence-corrected chi connectivity index (χ2v) is 8.34. The lowest BCUT2D eigenvalue weighted by molar-refractivity contribution is -0.137. The number of thiophene rings is 1. The zero-order valence-electron chi connectivity index (χ0n) is 15.5. The van der Waals surface area contributed by atoms with E-state index in [2.05, 4.69) is 15.5 Å². The van der Waals surface area contributed by atoms with Gasteiger partial charge in [0.2, 0.25) is 0 Å². The summed E-state index contributed by atoms with van der Waals surface area (Å²) in [6, 6.07) is 1.70. The number of carbonyl (C=O) groups excluding carboxylic acids is 2. The van der Waals surface area contributed by atoms with Crippen molar-refractivity contribution in [3.8, 4) is 11.3 Å². The minimum Gasteiger partial charge on any atom is -0.466 e. The summed E-state index contributed by atoms with van der Waals surface area (Å²) in [7, 11) is 2.57. The predicted molar refractivity (Wildman–Crippen MR) is 107 cm³/mol. The molecule has 2 N–H and O–H groups in total. The molecule has 1 aliphatic heterocycles. The fourth-order valence-electron chi connectivity index (χ4n) is 3.31. The normalized spacial score (nSPS) is 14.9. The minimum absolute atomic E-state index is 0.286.